The molecule has 0 saturated carbocycles. The van der Waals surface area contributed by atoms with Gasteiger partial charge in [-0.05, 0) is 30.0 Å². The van der Waals surface area contributed by atoms with Gasteiger partial charge in [0.15, 0.2) is 0 Å². The van der Waals surface area contributed by atoms with Crippen molar-refractivity contribution in [2.24, 2.45) is 0 Å². The van der Waals surface area contributed by atoms with Crippen LogP contribution >= 0.6 is 0 Å². The molecule has 0 bridgehead atoms. The molecule has 0 aromatic heterocycles. The molecule has 1 rings (SSSR count). The molecule has 0 N–H and O–H groups in total. The van der Waals surface area contributed by atoms with E-state index < -0.39 is 5.92 Å². The third-order valence-corrected chi connectivity index (χ3v) is 3.20. The number of ether oxygens (including phenoxy) is 1. The molecule has 1 nitrogen and oxygen atoms in total. The van der Waals surface area contributed by atoms with Gasteiger partial charge < -0.3 is 4.74 Å². The Morgan fingerprint density at radius 1 is 1.35 bits per heavy atom. The van der Waals surface area contributed by atoms with E-state index in [9.17, 15) is 8.78 Å². The summed E-state index contributed by atoms with van der Waals surface area (Å²) in [6.07, 6.45) is -0.224. The zero-order chi connectivity index (χ0) is 13.1. The van der Waals surface area contributed by atoms with Crippen molar-refractivity contribution in [2.45, 2.75) is 45.5 Å². The van der Waals surface area contributed by atoms with Crippen LogP contribution in [0.15, 0.2) is 18.2 Å². The third kappa shape index (κ3) is 3.42. The van der Waals surface area contributed by atoms with E-state index in [-0.39, 0.29) is 18.8 Å². The molecule has 0 spiro atoms. The minimum Gasteiger partial charge on any atom is -0.496 e. The van der Waals surface area contributed by atoms with Crippen molar-refractivity contribution < 1.29 is 13.5 Å². The summed E-state index contributed by atoms with van der Waals surface area (Å²) in [5.41, 5.74) is 1.90. The molecule has 0 aliphatic carbocycles. The maximum atomic E-state index is 13.4. The van der Waals surface area contributed by atoms with Gasteiger partial charge in [0.2, 0.25) is 5.92 Å². The van der Waals surface area contributed by atoms with Gasteiger partial charge in [0, 0.05) is 12.8 Å². The molecule has 1 aromatic carbocycles. The summed E-state index contributed by atoms with van der Waals surface area (Å²) < 4.78 is 31.9. The van der Waals surface area contributed by atoms with Crippen molar-refractivity contribution in [2.75, 3.05) is 7.11 Å². The number of hydrogen-bond acceptors (Lipinski definition) is 1. The van der Waals surface area contributed by atoms with Crippen molar-refractivity contribution in [3.8, 4) is 5.75 Å². The summed E-state index contributed by atoms with van der Waals surface area (Å²) in [5.74, 6) is -2.00. The monoisotopic (exact) mass is 242 g/mol. The molecule has 17 heavy (non-hydrogen) atoms. The number of rotatable bonds is 5. The average molecular weight is 242 g/mol. The van der Waals surface area contributed by atoms with E-state index in [2.05, 4.69) is 0 Å². The normalized spacial score (nSPS) is 13.5. The van der Waals surface area contributed by atoms with Gasteiger partial charge in [-0.1, -0.05) is 26.0 Å². The van der Waals surface area contributed by atoms with Crippen LogP contribution in [0.1, 0.15) is 43.7 Å². The van der Waals surface area contributed by atoms with Crippen LogP contribution < -0.4 is 4.74 Å². The number of benzene rings is 1. The lowest BCUT2D eigenvalue weighted by molar-refractivity contribution is -0.0167. The van der Waals surface area contributed by atoms with Gasteiger partial charge in [-0.25, -0.2) is 8.78 Å². The smallest absolute Gasteiger partial charge is 0.248 e. The molecule has 1 atom stereocenters. The van der Waals surface area contributed by atoms with Gasteiger partial charge in [-0.3, -0.25) is 0 Å². The Bertz CT molecular complexity index is 374. The maximum Gasteiger partial charge on any atom is 0.248 e. The Morgan fingerprint density at radius 3 is 2.53 bits per heavy atom. The zero-order valence-electron chi connectivity index (χ0n) is 10.9. The SMILES string of the molecule is CCC(F)(F)C[C@H](C)c1cccc(OC)c1C. The summed E-state index contributed by atoms with van der Waals surface area (Å²) in [6, 6.07) is 5.60. The Morgan fingerprint density at radius 2 is 2.00 bits per heavy atom. The minimum absolute atomic E-state index is 0.111. The molecule has 0 unspecified atom stereocenters. The summed E-state index contributed by atoms with van der Waals surface area (Å²) in [7, 11) is 1.59. The number of methoxy groups -OCH3 is 1. The summed E-state index contributed by atoms with van der Waals surface area (Å²) in [4.78, 5) is 0. The van der Waals surface area contributed by atoms with E-state index in [0.29, 0.717) is 0 Å². The van der Waals surface area contributed by atoms with Crippen molar-refractivity contribution >= 4 is 0 Å². The lowest BCUT2D eigenvalue weighted by Gasteiger charge is -2.21. The van der Waals surface area contributed by atoms with E-state index in [4.69, 9.17) is 4.74 Å². The minimum atomic E-state index is -2.59. The van der Waals surface area contributed by atoms with Crippen molar-refractivity contribution in [3.63, 3.8) is 0 Å². The second kappa shape index (κ2) is 5.48. The highest BCUT2D eigenvalue weighted by atomic mass is 19.3. The van der Waals surface area contributed by atoms with Crippen LogP contribution in [-0.4, -0.2) is 13.0 Å². The van der Waals surface area contributed by atoms with Gasteiger partial charge in [0.1, 0.15) is 5.75 Å². The van der Waals surface area contributed by atoms with E-state index in [1.54, 1.807) is 7.11 Å². The van der Waals surface area contributed by atoms with Gasteiger partial charge >= 0.3 is 0 Å². The number of hydrogen-bond donors (Lipinski definition) is 0. The van der Waals surface area contributed by atoms with Gasteiger partial charge in [0.25, 0.3) is 0 Å². The second-order valence-electron chi connectivity index (χ2n) is 4.49. The van der Waals surface area contributed by atoms with E-state index in [0.717, 1.165) is 16.9 Å². The van der Waals surface area contributed by atoms with Crippen LogP contribution in [0.25, 0.3) is 0 Å². The Labute approximate surface area is 102 Å². The number of alkyl halides is 2. The van der Waals surface area contributed by atoms with Crippen molar-refractivity contribution in [1.29, 1.82) is 0 Å². The number of halogens is 2. The molecular weight excluding hydrogens is 222 g/mol. The molecule has 0 radical (unpaired) electrons. The molecule has 0 heterocycles. The van der Waals surface area contributed by atoms with Gasteiger partial charge in [-0.15, -0.1) is 0 Å². The first-order valence-corrected chi connectivity index (χ1v) is 5.92. The Hall–Kier alpha value is -1.12. The molecule has 1 aromatic rings. The highest BCUT2D eigenvalue weighted by Gasteiger charge is 2.29. The highest BCUT2D eigenvalue weighted by Crippen LogP contribution is 2.35. The lowest BCUT2D eigenvalue weighted by atomic mass is 9.90. The largest absolute Gasteiger partial charge is 0.496 e. The van der Waals surface area contributed by atoms with Crippen LogP contribution in [0.3, 0.4) is 0 Å². The molecule has 96 valence electrons. The molecular formula is C14H20F2O. The van der Waals surface area contributed by atoms with Crippen LogP contribution in [0.4, 0.5) is 8.78 Å². The van der Waals surface area contributed by atoms with Crippen LogP contribution in [0.2, 0.25) is 0 Å². The quantitative estimate of drug-likeness (QED) is 0.736. The van der Waals surface area contributed by atoms with Gasteiger partial charge in [0.05, 0.1) is 7.11 Å². The first-order valence-electron chi connectivity index (χ1n) is 5.92. The van der Waals surface area contributed by atoms with E-state index >= 15 is 0 Å². The summed E-state index contributed by atoms with van der Waals surface area (Å²) >= 11 is 0. The molecule has 3 heteroatoms. The first-order chi connectivity index (χ1) is 7.91. The van der Waals surface area contributed by atoms with E-state index in [1.807, 2.05) is 32.0 Å². The summed E-state index contributed by atoms with van der Waals surface area (Å²) in [5, 5.41) is 0. The highest BCUT2D eigenvalue weighted by molar-refractivity contribution is 5.40. The topological polar surface area (TPSA) is 9.23 Å². The van der Waals surface area contributed by atoms with Crippen molar-refractivity contribution in [1.82, 2.24) is 0 Å². The van der Waals surface area contributed by atoms with Crippen LogP contribution in [0, 0.1) is 6.92 Å². The van der Waals surface area contributed by atoms with Gasteiger partial charge in [-0.2, -0.15) is 0 Å². The van der Waals surface area contributed by atoms with Crippen LogP contribution in [-0.2, 0) is 0 Å². The standard InChI is InChI=1S/C14H20F2O/c1-5-14(15,16)9-10(2)12-7-6-8-13(17-4)11(12)3/h6-8,10H,5,9H2,1-4H3/t10-/m0/s1. The van der Waals surface area contributed by atoms with E-state index in [1.165, 1.54) is 6.92 Å². The predicted octanol–water partition coefficient (Wildman–Crippen LogP) is 4.54. The first kappa shape index (κ1) is 13.9. The molecule has 0 saturated heterocycles. The van der Waals surface area contributed by atoms with Crippen molar-refractivity contribution in [3.05, 3.63) is 29.3 Å². The predicted molar refractivity (Wildman–Crippen MR) is 66.0 cm³/mol. The Balaban J connectivity index is 2.93. The van der Waals surface area contributed by atoms with Crippen LogP contribution in [0.5, 0.6) is 5.75 Å². The third-order valence-electron chi connectivity index (χ3n) is 3.20. The fourth-order valence-electron chi connectivity index (χ4n) is 2.09. The fraction of sp³-hybridized carbons (Fsp3) is 0.571. The maximum absolute atomic E-state index is 13.4. The molecule has 0 fully saturated rings. The fourth-order valence-corrected chi connectivity index (χ4v) is 2.09. The molecule has 0 amide bonds. The average Bonchev–Trinajstić information content (AvgIpc) is 2.28. The summed E-state index contributed by atoms with van der Waals surface area (Å²) in [6.45, 7) is 5.27. The lowest BCUT2D eigenvalue weighted by Crippen LogP contribution is -2.18. The zero-order valence-corrected chi connectivity index (χ0v) is 10.9. The molecule has 0 aliphatic heterocycles. The Kier molecular flexibility index (Phi) is 4.49. The molecule has 0 aliphatic rings. The second-order valence-corrected chi connectivity index (χ2v) is 4.49.